The molecule has 0 bridgehead atoms. The highest BCUT2D eigenvalue weighted by molar-refractivity contribution is 5.76. The maximum Gasteiger partial charge on any atom is 0.220 e. The van der Waals surface area contributed by atoms with E-state index in [4.69, 9.17) is 0 Å². The summed E-state index contributed by atoms with van der Waals surface area (Å²) in [6.07, 6.45) is 11.3. The zero-order valence-electron chi connectivity index (χ0n) is 8.01. The number of carbonyl (C=O) groups excluding carboxylic acids is 1. The molecule has 1 spiro atoms. The van der Waals surface area contributed by atoms with Crippen molar-refractivity contribution in [3.63, 3.8) is 0 Å². The van der Waals surface area contributed by atoms with E-state index in [1.807, 2.05) is 0 Å². The minimum absolute atomic E-state index is 0.232. The quantitative estimate of drug-likeness (QED) is 0.566. The first-order chi connectivity index (χ1) is 6.31. The smallest absolute Gasteiger partial charge is 0.220 e. The molecular formula is C11H17NO. The van der Waals surface area contributed by atoms with Crippen LogP contribution in [0.3, 0.4) is 0 Å². The van der Waals surface area contributed by atoms with Crippen molar-refractivity contribution < 1.29 is 4.79 Å². The second kappa shape index (κ2) is 3.52. The van der Waals surface area contributed by atoms with Crippen molar-refractivity contribution in [3.8, 4) is 0 Å². The highest BCUT2D eigenvalue weighted by atomic mass is 16.1. The summed E-state index contributed by atoms with van der Waals surface area (Å²) in [5.41, 5.74) is 0.310. The molecule has 1 aliphatic carbocycles. The molecule has 0 aromatic carbocycles. The van der Waals surface area contributed by atoms with Crippen molar-refractivity contribution in [3.05, 3.63) is 12.2 Å². The van der Waals surface area contributed by atoms with Gasteiger partial charge >= 0.3 is 0 Å². The molecule has 2 rings (SSSR count). The Kier molecular flexibility index (Phi) is 2.38. The summed E-state index contributed by atoms with van der Waals surface area (Å²) in [7, 11) is 0. The molecule has 2 aliphatic rings. The van der Waals surface area contributed by atoms with Crippen LogP contribution < -0.4 is 5.32 Å². The van der Waals surface area contributed by atoms with Crippen molar-refractivity contribution in [2.24, 2.45) is 5.41 Å². The fraction of sp³-hybridized carbons (Fsp3) is 0.727. The molecule has 1 saturated heterocycles. The predicted octanol–water partition coefficient (Wildman–Crippen LogP) is 2.01. The molecule has 13 heavy (non-hydrogen) atoms. The van der Waals surface area contributed by atoms with Gasteiger partial charge in [0.2, 0.25) is 5.91 Å². The second-order valence-electron chi connectivity index (χ2n) is 4.29. The highest BCUT2D eigenvalue weighted by Gasteiger charge is 2.30. The van der Waals surface area contributed by atoms with Gasteiger partial charge in [-0.2, -0.15) is 0 Å². The molecule has 2 nitrogen and oxygen atoms in total. The molecule has 2 heteroatoms. The normalized spacial score (nSPS) is 34.3. The van der Waals surface area contributed by atoms with E-state index in [1.54, 1.807) is 0 Å². The van der Waals surface area contributed by atoms with E-state index in [9.17, 15) is 4.79 Å². The first kappa shape index (κ1) is 8.79. The second-order valence-corrected chi connectivity index (χ2v) is 4.29. The Bertz CT molecular complexity index is 234. The standard InChI is InChI=1S/C11H17NO/c13-10-5-4-8-11(9-12-10)6-2-1-3-7-11/h2,6H,1,3-5,7-9H2,(H,12,13). The van der Waals surface area contributed by atoms with Gasteiger partial charge in [0.05, 0.1) is 0 Å². The van der Waals surface area contributed by atoms with Crippen LogP contribution in [0.25, 0.3) is 0 Å². The lowest BCUT2D eigenvalue weighted by molar-refractivity contribution is -0.120. The molecule has 0 radical (unpaired) electrons. The number of carbonyl (C=O) groups is 1. The molecule has 0 aromatic heterocycles. The fourth-order valence-electron chi connectivity index (χ4n) is 2.40. The van der Waals surface area contributed by atoms with Gasteiger partial charge in [0.1, 0.15) is 0 Å². The Morgan fingerprint density at radius 3 is 2.92 bits per heavy atom. The van der Waals surface area contributed by atoms with Gasteiger partial charge in [-0.1, -0.05) is 12.2 Å². The molecule has 1 atom stereocenters. The van der Waals surface area contributed by atoms with Gasteiger partial charge in [-0.05, 0) is 32.1 Å². The van der Waals surface area contributed by atoms with Gasteiger partial charge in [0.25, 0.3) is 0 Å². The molecule has 1 unspecified atom stereocenters. The Balaban J connectivity index is 2.08. The van der Waals surface area contributed by atoms with Crippen molar-refractivity contribution in [2.75, 3.05) is 6.54 Å². The summed E-state index contributed by atoms with van der Waals surface area (Å²) in [6.45, 7) is 0.863. The fourth-order valence-corrected chi connectivity index (χ4v) is 2.40. The zero-order valence-corrected chi connectivity index (χ0v) is 8.01. The zero-order chi connectivity index (χ0) is 9.15. The lowest BCUT2D eigenvalue weighted by atomic mass is 9.76. The largest absolute Gasteiger partial charge is 0.355 e. The average molecular weight is 179 g/mol. The first-order valence-corrected chi connectivity index (χ1v) is 5.25. The van der Waals surface area contributed by atoms with Crippen LogP contribution >= 0.6 is 0 Å². The van der Waals surface area contributed by atoms with Crippen LogP contribution in [0.15, 0.2) is 12.2 Å². The Morgan fingerprint density at radius 1 is 1.31 bits per heavy atom. The van der Waals surface area contributed by atoms with Gasteiger partial charge in [-0.15, -0.1) is 0 Å². The molecule has 1 amide bonds. The van der Waals surface area contributed by atoms with Crippen molar-refractivity contribution in [2.45, 2.75) is 38.5 Å². The SMILES string of the molecule is O=C1CCCC2(C=CCCC2)CN1. The summed E-state index contributed by atoms with van der Waals surface area (Å²) in [6, 6.07) is 0. The molecule has 0 saturated carbocycles. The van der Waals surface area contributed by atoms with E-state index in [-0.39, 0.29) is 5.91 Å². The topological polar surface area (TPSA) is 29.1 Å². The number of allylic oxidation sites excluding steroid dienone is 1. The maximum atomic E-state index is 11.2. The van der Waals surface area contributed by atoms with Crippen LogP contribution in [-0.4, -0.2) is 12.5 Å². The Hall–Kier alpha value is -0.790. The minimum atomic E-state index is 0.232. The third-order valence-electron chi connectivity index (χ3n) is 3.23. The molecule has 0 aromatic rings. The van der Waals surface area contributed by atoms with Crippen LogP contribution in [0.1, 0.15) is 38.5 Å². The number of hydrogen-bond acceptors (Lipinski definition) is 1. The van der Waals surface area contributed by atoms with Crippen molar-refractivity contribution >= 4 is 5.91 Å². The lowest BCUT2D eigenvalue weighted by Gasteiger charge is -2.31. The first-order valence-electron chi connectivity index (χ1n) is 5.25. The lowest BCUT2D eigenvalue weighted by Crippen LogP contribution is -2.34. The van der Waals surface area contributed by atoms with Crippen LogP contribution in [0.5, 0.6) is 0 Å². The van der Waals surface area contributed by atoms with E-state index < -0.39 is 0 Å². The Labute approximate surface area is 79.4 Å². The highest BCUT2D eigenvalue weighted by Crippen LogP contribution is 2.36. The Morgan fingerprint density at radius 2 is 2.15 bits per heavy atom. The van der Waals surface area contributed by atoms with Gasteiger partial charge in [0.15, 0.2) is 0 Å². The summed E-state index contributed by atoms with van der Waals surface area (Å²) >= 11 is 0. The predicted molar refractivity (Wildman–Crippen MR) is 52.3 cm³/mol. The molecule has 1 heterocycles. The van der Waals surface area contributed by atoms with E-state index in [1.165, 1.54) is 25.7 Å². The molecule has 1 N–H and O–H groups in total. The number of hydrogen-bond donors (Lipinski definition) is 1. The summed E-state index contributed by atoms with van der Waals surface area (Å²) in [4.78, 5) is 11.2. The van der Waals surface area contributed by atoms with Gasteiger partial charge < -0.3 is 5.32 Å². The van der Waals surface area contributed by atoms with Gasteiger partial charge in [-0.3, -0.25) is 4.79 Å². The summed E-state index contributed by atoms with van der Waals surface area (Å²) in [5.74, 6) is 0.232. The van der Waals surface area contributed by atoms with Crippen LogP contribution in [0, 0.1) is 5.41 Å². The third kappa shape index (κ3) is 1.93. The monoisotopic (exact) mass is 179 g/mol. The van der Waals surface area contributed by atoms with E-state index in [0.29, 0.717) is 5.41 Å². The number of rotatable bonds is 0. The maximum absolute atomic E-state index is 11.2. The summed E-state index contributed by atoms with van der Waals surface area (Å²) in [5, 5.41) is 3.01. The molecular weight excluding hydrogens is 162 g/mol. The van der Waals surface area contributed by atoms with Crippen molar-refractivity contribution in [1.29, 1.82) is 0 Å². The van der Waals surface area contributed by atoms with Crippen LogP contribution in [-0.2, 0) is 4.79 Å². The van der Waals surface area contributed by atoms with Gasteiger partial charge in [-0.25, -0.2) is 0 Å². The summed E-state index contributed by atoms with van der Waals surface area (Å²) < 4.78 is 0. The molecule has 72 valence electrons. The minimum Gasteiger partial charge on any atom is -0.355 e. The number of amides is 1. The van der Waals surface area contributed by atoms with Crippen molar-refractivity contribution in [1.82, 2.24) is 5.32 Å². The average Bonchev–Trinajstić information content (AvgIpc) is 2.32. The van der Waals surface area contributed by atoms with E-state index >= 15 is 0 Å². The molecule has 1 fully saturated rings. The molecule has 1 aliphatic heterocycles. The van der Waals surface area contributed by atoms with E-state index in [2.05, 4.69) is 17.5 Å². The van der Waals surface area contributed by atoms with Crippen LogP contribution in [0.2, 0.25) is 0 Å². The van der Waals surface area contributed by atoms with E-state index in [0.717, 1.165) is 19.4 Å². The van der Waals surface area contributed by atoms with Gasteiger partial charge in [0, 0.05) is 18.4 Å². The van der Waals surface area contributed by atoms with Crippen LogP contribution in [0.4, 0.5) is 0 Å². The third-order valence-corrected chi connectivity index (χ3v) is 3.23. The number of nitrogens with one attached hydrogen (secondary N) is 1.